The Morgan fingerprint density at radius 3 is 2.35 bits per heavy atom. The van der Waals surface area contributed by atoms with Crippen LogP contribution in [0.1, 0.15) is 18.1 Å². The molecule has 2 rings (SSSR count). The van der Waals surface area contributed by atoms with Gasteiger partial charge in [0.2, 0.25) is 0 Å². The lowest BCUT2D eigenvalue weighted by Gasteiger charge is -2.26. The SMILES string of the molecule is CC1SCCSC1C(=O)Cc1ccc(C(F)(F)F)cc1. The van der Waals surface area contributed by atoms with Gasteiger partial charge in [0.15, 0.2) is 5.78 Å². The summed E-state index contributed by atoms with van der Waals surface area (Å²) in [6.45, 7) is 2.03. The van der Waals surface area contributed by atoms with Crippen molar-refractivity contribution in [1.29, 1.82) is 0 Å². The Morgan fingerprint density at radius 1 is 1.20 bits per heavy atom. The van der Waals surface area contributed by atoms with E-state index < -0.39 is 11.7 Å². The molecule has 0 aromatic heterocycles. The lowest BCUT2D eigenvalue weighted by Crippen LogP contribution is -2.32. The number of rotatable bonds is 3. The van der Waals surface area contributed by atoms with Gasteiger partial charge < -0.3 is 0 Å². The minimum Gasteiger partial charge on any atom is -0.298 e. The van der Waals surface area contributed by atoms with Crippen molar-refractivity contribution in [3.8, 4) is 0 Å². The van der Waals surface area contributed by atoms with Gasteiger partial charge in [-0.15, -0.1) is 11.8 Å². The van der Waals surface area contributed by atoms with Gasteiger partial charge in [-0.25, -0.2) is 0 Å². The fourth-order valence-electron chi connectivity index (χ4n) is 2.10. The summed E-state index contributed by atoms with van der Waals surface area (Å²) in [5, 5.41) is 0.228. The minimum absolute atomic E-state index is 0.0453. The Labute approximate surface area is 124 Å². The van der Waals surface area contributed by atoms with E-state index in [9.17, 15) is 18.0 Å². The maximum Gasteiger partial charge on any atom is 0.416 e. The topological polar surface area (TPSA) is 17.1 Å². The molecule has 0 aliphatic carbocycles. The normalized spacial score (nSPS) is 23.6. The molecule has 1 aliphatic heterocycles. The van der Waals surface area contributed by atoms with E-state index in [1.54, 1.807) is 23.5 Å². The minimum atomic E-state index is -4.33. The molecule has 1 aliphatic rings. The highest BCUT2D eigenvalue weighted by Crippen LogP contribution is 2.33. The Hall–Kier alpha value is -0.620. The Balaban J connectivity index is 2.01. The third-order valence-corrected chi connectivity index (χ3v) is 6.30. The second-order valence-corrected chi connectivity index (χ2v) is 7.44. The molecule has 0 amide bonds. The predicted octanol–water partition coefficient (Wildman–Crippen LogP) is 4.05. The van der Waals surface area contributed by atoms with Gasteiger partial charge in [0, 0.05) is 23.2 Å². The molecule has 1 aromatic rings. The predicted molar refractivity (Wildman–Crippen MR) is 78.3 cm³/mol. The van der Waals surface area contributed by atoms with E-state index in [1.807, 2.05) is 6.92 Å². The average Bonchev–Trinajstić information content (AvgIpc) is 2.38. The van der Waals surface area contributed by atoms with Crippen LogP contribution < -0.4 is 0 Å². The highest BCUT2D eigenvalue weighted by molar-refractivity contribution is 8.07. The zero-order valence-electron chi connectivity index (χ0n) is 10.9. The number of carbonyl (C=O) groups excluding carboxylic acids is 1. The van der Waals surface area contributed by atoms with Crippen LogP contribution in [0.25, 0.3) is 0 Å². The molecule has 1 heterocycles. The van der Waals surface area contributed by atoms with Crippen molar-refractivity contribution in [3.05, 3.63) is 35.4 Å². The smallest absolute Gasteiger partial charge is 0.298 e. The van der Waals surface area contributed by atoms with E-state index in [0.29, 0.717) is 5.56 Å². The number of hydrogen-bond acceptors (Lipinski definition) is 3. The maximum absolute atomic E-state index is 12.5. The lowest BCUT2D eigenvalue weighted by atomic mass is 10.0. The van der Waals surface area contributed by atoms with Crippen molar-refractivity contribution in [2.24, 2.45) is 0 Å². The summed E-state index contributed by atoms with van der Waals surface area (Å²) in [7, 11) is 0. The summed E-state index contributed by atoms with van der Waals surface area (Å²) in [4.78, 5) is 12.2. The van der Waals surface area contributed by atoms with Gasteiger partial charge in [0.05, 0.1) is 10.8 Å². The zero-order valence-corrected chi connectivity index (χ0v) is 12.6. The number of alkyl halides is 3. The lowest BCUT2D eigenvalue weighted by molar-refractivity contribution is -0.137. The standard InChI is InChI=1S/C14H15F3OS2/c1-9-13(20-7-6-19-9)12(18)8-10-2-4-11(5-3-10)14(15,16)17/h2-5,9,13H,6-8H2,1H3. The van der Waals surface area contributed by atoms with Gasteiger partial charge in [-0.3, -0.25) is 4.79 Å². The number of thioether (sulfide) groups is 2. The number of carbonyl (C=O) groups is 1. The van der Waals surface area contributed by atoms with E-state index in [2.05, 4.69) is 0 Å². The summed E-state index contributed by atoms with van der Waals surface area (Å²) in [6, 6.07) is 4.86. The maximum atomic E-state index is 12.5. The van der Waals surface area contributed by atoms with Crippen molar-refractivity contribution >= 4 is 29.3 Å². The summed E-state index contributed by atoms with van der Waals surface area (Å²) in [6.07, 6.45) is -4.12. The van der Waals surface area contributed by atoms with Crippen LogP contribution in [0, 0.1) is 0 Å². The molecule has 2 atom stereocenters. The molecule has 6 heteroatoms. The van der Waals surface area contributed by atoms with Crippen LogP contribution in [0.2, 0.25) is 0 Å². The van der Waals surface area contributed by atoms with E-state index in [1.165, 1.54) is 12.1 Å². The van der Waals surface area contributed by atoms with Crippen LogP contribution in [0.5, 0.6) is 0 Å². The number of halogens is 3. The third-order valence-electron chi connectivity index (χ3n) is 3.16. The number of hydrogen-bond donors (Lipinski definition) is 0. The quantitative estimate of drug-likeness (QED) is 0.836. The molecule has 1 aromatic carbocycles. The molecule has 0 bridgehead atoms. The highest BCUT2D eigenvalue weighted by Gasteiger charge is 2.31. The van der Waals surface area contributed by atoms with Crippen LogP contribution in [0.4, 0.5) is 13.2 Å². The van der Waals surface area contributed by atoms with Crippen molar-refractivity contribution in [2.45, 2.75) is 30.0 Å². The van der Waals surface area contributed by atoms with Crippen LogP contribution in [-0.4, -0.2) is 27.8 Å². The number of ketones is 1. The molecular formula is C14H15F3OS2. The molecule has 0 saturated carbocycles. The molecule has 110 valence electrons. The molecule has 1 saturated heterocycles. The number of benzene rings is 1. The molecule has 0 N–H and O–H groups in total. The van der Waals surface area contributed by atoms with Crippen molar-refractivity contribution in [1.82, 2.24) is 0 Å². The van der Waals surface area contributed by atoms with Gasteiger partial charge in [0.25, 0.3) is 0 Å². The largest absolute Gasteiger partial charge is 0.416 e. The summed E-state index contributed by atoms with van der Waals surface area (Å²) in [5.74, 6) is 2.11. The van der Waals surface area contributed by atoms with E-state index >= 15 is 0 Å². The molecule has 2 unspecified atom stereocenters. The average molecular weight is 320 g/mol. The summed E-state index contributed by atoms with van der Waals surface area (Å²) < 4.78 is 37.4. The van der Waals surface area contributed by atoms with Crippen LogP contribution in [0.15, 0.2) is 24.3 Å². The first-order valence-electron chi connectivity index (χ1n) is 6.30. The van der Waals surface area contributed by atoms with Crippen molar-refractivity contribution in [3.63, 3.8) is 0 Å². The Kier molecular flexibility index (Phi) is 5.07. The first-order valence-corrected chi connectivity index (χ1v) is 8.40. The van der Waals surface area contributed by atoms with Crippen molar-refractivity contribution < 1.29 is 18.0 Å². The highest BCUT2D eigenvalue weighted by atomic mass is 32.2. The van der Waals surface area contributed by atoms with Crippen molar-refractivity contribution in [2.75, 3.05) is 11.5 Å². The van der Waals surface area contributed by atoms with Crippen LogP contribution in [-0.2, 0) is 17.4 Å². The van der Waals surface area contributed by atoms with Gasteiger partial charge >= 0.3 is 6.18 Å². The summed E-state index contributed by atoms with van der Waals surface area (Å²) in [5.41, 5.74) is -0.0314. The second kappa shape index (κ2) is 6.43. The van der Waals surface area contributed by atoms with Gasteiger partial charge in [-0.2, -0.15) is 24.9 Å². The fraction of sp³-hybridized carbons (Fsp3) is 0.500. The zero-order chi connectivity index (χ0) is 14.8. The van der Waals surface area contributed by atoms with Crippen LogP contribution >= 0.6 is 23.5 Å². The molecule has 1 nitrogen and oxygen atoms in total. The number of Topliss-reactive ketones (excluding diaryl/α,β-unsaturated/α-hetero) is 1. The van der Waals surface area contributed by atoms with E-state index in [0.717, 1.165) is 23.6 Å². The Morgan fingerprint density at radius 2 is 1.80 bits per heavy atom. The van der Waals surface area contributed by atoms with E-state index in [4.69, 9.17) is 0 Å². The molecule has 20 heavy (non-hydrogen) atoms. The first kappa shape index (κ1) is 15.8. The van der Waals surface area contributed by atoms with Gasteiger partial charge in [0.1, 0.15) is 0 Å². The Bertz CT molecular complexity index is 470. The summed E-state index contributed by atoms with van der Waals surface area (Å²) >= 11 is 3.44. The van der Waals surface area contributed by atoms with Crippen LogP contribution in [0.3, 0.4) is 0 Å². The third kappa shape index (κ3) is 3.95. The van der Waals surface area contributed by atoms with Gasteiger partial charge in [-0.05, 0) is 17.7 Å². The molecular weight excluding hydrogens is 305 g/mol. The monoisotopic (exact) mass is 320 g/mol. The fourth-order valence-corrected chi connectivity index (χ4v) is 4.83. The van der Waals surface area contributed by atoms with E-state index in [-0.39, 0.29) is 22.7 Å². The molecule has 1 fully saturated rings. The first-order chi connectivity index (χ1) is 9.38. The van der Waals surface area contributed by atoms with Gasteiger partial charge in [-0.1, -0.05) is 19.1 Å². The molecule has 0 radical (unpaired) electrons. The second-order valence-electron chi connectivity index (χ2n) is 4.71. The molecule has 0 spiro atoms.